The summed E-state index contributed by atoms with van der Waals surface area (Å²) in [4.78, 5) is 24.6. The first kappa shape index (κ1) is 19.9. The Hall–Kier alpha value is -2.81. The number of nitrogens with one attached hydrogen (secondary N) is 2. The molecule has 0 aliphatic carbocycles. The van der Waals surface area contributed by atoms with Crippen LogP contribution in [0.1, 0.15) is 54.3 Å². The van der Waals surface area contributed by atoms with E-state index in [2.05, 4.69) is 20.9 Å². The van der Waals surface area contributed by atoms with Gasteiger partial charge >= 0.3 is 5.97 Å². The predicted molar refractivity (Wildman–Crippen MR) is 99.0 cm³/mol. The lowest BCUT2D eigenvalue weighted by atomic mass is 10.0. The van der Waals surface area contributed by atoms with Gasteiger partial charge in [-0.05, 0) is 50.6 Å². The van der Waals surface area contributed by atoms with Crippen LogP contribution in [-0.4, -0.2) is 46.6 Å². The molecule has 0 saturated carbocycles. The third kappa shape index (κ3) is 5.13. The van der Waals surface area contributed by atoms with Gasteiger partial charge < -0.3 is 15.4 Å². The highest BCUT2D eigenvalue weighted by atomic mass is 19.1. The summed E-state index contributed by atoms with van der Waals surface area (Å²) in [6.07, 6.45) is 3.40. The molecule has 0 radical (unpaired) electrons. The summed E-state index contributed by atoms with van der Waals surface area (Å²) in [5.74, 6) is -1.29. The Kier molecular flexibility index (Phi) is 6.70. The number of aromatic nitrogens is 3. The van der Waals surface area contributed by atoms with Gasteiger partial charge in [0.25, 0.3) is 5.91 Å². The summed E-state index contributed by atoms with van der Waals surface area (Å²) in [6, 6.07) is 5.19. The fourth-order valence-electron chi connectivity index (χ4n) is 3.20. The van der Waals surface area contributed by atoms with Crippen molar-refractivity contribution in [2.75, 3.05) is 19.7 Å². The van der Waals surface area contributed by atoms with Crippen molar-refractivity contribution < 1.29 is 18.7 Å². The lowest BCUT2D eigenvalue weighted by Gasteiger charge is -2.22. The third-order valence-corrected chi connectivity index (χ3v) is 4.68. The van der Waals surface area contributed by atoms with Gasteiger partial charge in [0.05, 0.1) is 31.3 Å². The Balaban J connectivity index is 1.72. The minimum Gasteiger partial charge on any atom is -0.466 e. The Morgan fingerprint density at radius 1 is 1.32 bits per heavy atom. The van der Waals surface area contributed by atoms with Crippen molar-refractivity contribution in [2.24, 2.45) is 0 Å². The van der Waals surface area contributed by atoms with Crippen molar-refractivity contribution in [1.82, 2.24) is 25.6 Å². The van der Waals surface area contributed by atoms with Crippen molar-refractivity contribution in [3.8, 4) is 0 Å². The number of piperidine rings is 1. The molecular formula is C19H24FN5O3. The number of esters is 1. The number of nitrogens with zero attached hydrogens (tertiary/aromatic N) is 3. The van der Waals surface area contributed by atoms with Gasteiger partial charge in [-0.25, -0.2) is 9.07 Å². The minimum absolute atomic E-state index is 0.0619. The summed E-state index contributed by atoms with van der Waals surface area (Å²) < 4.78 is 19.9. The number of hydrogen-bond donors (Lipinski definition) is 2. The molecule has 1 aromatic carbocycles. The number of carbonyl (C=O) groups is 2. The van der Waals surface area contributed by atoms with E-state index in [1.807, 2.05) is 0 Å². The highest BCUT2D eigenvalue weighted by Crippen LogP contribution is 2.20. The highest BCUT2D eigenvalue weighted by molar-refractivity contribution is 5.92. The summed E-state index contributed by atoms with van der Waals surface area (Å²) >= 11 is 0. The molecule has 1 unspecified atom stereocenters. The maximum atomic E-state index is 13.2. The number of halogens is 1. The average molecular weight is 389 g/mol. The van der Waals surface area contributed by atoms with Gasteiger partial charge in [-0.3, -0.25) is 9.59 Å². The van der Waals surface area contributed by atoms with Gasteiger partial charge in [0.2, 0.25) is 0 Å². The van der Waals surface area contributed by atoms with E-state index in [0.29, 0.717) is 5.56 Å². The predicted octanol–water partition coefficient (Wildman–Crippen LogP) is 1.77. The van der Waals surface area contributed by atoms with Crippen molar-refractivity contribution in [2.45, 2.75) is 38.3 Å². The Labute approximate surface area is 162 Å². The van der Waals surface area contributed by atoms with Crippen molar-refractivity contribution in [1.29, 1.82) is 0 Å². The first-order chi connectivity index (χ1) is 13.6. The first-order valence-electron chi connectivity index (χ1n) is 9.41. The number of rotatable bonds is 7. The number of carbonyl (C=O) groups excluding carboxylic acids is 2. The van der Waals surface area contributed by atoms with E-state index in [-0.39, 0.29) is 24.8 Å². The zero-order chi connectivity index (χ0) is 19.9. The van der Waals surface area contributed by atoms with Gasteiger partial charge in [0.15, 0.2) is 5.69 Å². The first-order valence-corrected chi connectivity index (χ1v) is 9.41. The second kappa shape index (κ2) is 9.41. The fraction of sp³-hybridized carbons (Fsp3) is 0.474. The zero-order valence-electron chi connectivity index (χ0n) is 15.7. The summed E-state index contributed by atoms with van der Waals surface area (Å²) in [5.41, 5.74) is 0.781. The monoisotopic (exact) mass is 389 g/mol. The third-order valence-electron chi connectivity index (χ3n) is 4.68. The molecule has 1 atom stereocenters. The lowest BCUT2D eigenvalue weighted by molar-refractivity contribution is -0.143. The van der Waals surface area contributed by atoms with Gasteiger partial charge in [-0.15, -0.1) is 5.10 Å². The van der Waals surface area contributed by atoms with E-state index < -0.39 is 23.7 Å². The van der Waals surface area contributed by atoms with Crippen LogP contribution in [0.2, 0.25) is 0 Å². The van der Waals surface area contributed by atoms with Crippen LogP contribution in [0.5, 0.6) is 0 Å². The summed E-state index contributed by atoms with van der Waals surface area (Å²) in [6.45, 7) is 3.76. The molecule has 8 nitrogen and oxygen atoms in total. The molecule has 1 fully saturated rings. The molecule has 2 aromatic rings. The average Bonchev–Trinajstić information content (AvgIpc) is 3.19. The molecule has 1 aliphatic heterocycles. The van der Waals surface area contributed by atoms with E-state index in [0.717, 1.165) is 25.9 Å². The van der Waals surface area contributed by atoms with Crippen LogP contribution >= 0.6 is 0 Å². The van der Waals surface area contributed by atoms with Crippen LogP contribution in [0.4, 0.5) is 4.39 Å². The van der Waals surface area contributed by atoms with Crippen LogP contribution in [-0.2, 0) is 9.53 Å². The number of ether oxygens (including phenoxy) is 1. The Morgan fingerprint density at radius 3 is 2.71 bits per heavy atom. The molecule has 0 bridgehead atoms. The van der Waals surface area contributed by atoms with Crippen molar-refractivity contribution >= 4 is 11.9 Å². The number of benzene rings is 1. The molecule has 1 saturated heterocycles. The molecule has 2 N–H and O–H groups in total. The molecule has 3 rings (SSSR count). The maximum Gasteiger partial charge on any atom is 0.308 e. The molecule has 2 heterocycles. The zero-order valence-corrected chi connectivity index (χ0v) is 15.7. The number of hydrogen-bond acceptors (Lipinski definition) is 6. The topological polar surface area (TPSA) is 98.1 Å². The fourth-order valence-corrected chi connectivity index (χ4v) is 3.20. The molecule has 0 spiro atoms. The van der Waals surface area contributed by atoms with Gasteiger partial charge in [0, 0.05) is 0 Å². The molecule has 1 amide bonds. The highest BCUT2D eigenvalue weighted by Gasteiger charge is 2.23. The summed E-state index contributed by atoms with van der Waals surface area (Å²) in [7, 11) is 0. The van der Waals surface area contributed by atoms with E-state index >= 15 is 0 Å². The van der Waals surface area contributed by atoms with Crippen LogP contribution in [0, 0.1) is 5.82 Å². The molecule has 28 heavy (non-hydrogen) atoms. The normalized spacial score (nSPS) is 15.8. The lowest BCUT2D eigenvalue weighted by Crippen LogP contribution is -2.31. The molecule has 1 aliphatic rings. The molecule has 1 aromatic heterocycles. The SMILES string of the molecule is CCOC(=O)CC(NC(=O)c1cn(C2CCNCC2)nn1)c1ccc(F)cc1. The second-order valence-corrected chi connectivity index (χ2v) is 6.65. The van der Waals surface area contributed by atoms with Crippen LogP contribution in [0.25, 0.3) is 0 Å². The van der Waals surface area contributed by atoms with E-state index in [1.165, 1.54) is 24.3 Å². The number of amides is 1. The van der Waals surface area contributed by atoms with E-state index in [4.69, 9.17) is 4.74 Å². The maximum absolute atomic E-state index is 13.2. The van der Waals surface area contributed by atoms with Gasteiger partial charge in [-0.1, -0.05) is 17.3 Å². The van der Waals surface area contributed by atoms with Gasteiger partial charge in [-0.2, -0.15) is 0 Å². The second-order valence-electron chi connectivity index (χ2n) is 6.65. The molecule has 150 valence electrons. The largest absolute Gasteiger partial charge is 0.466 e. The van der Waals surface area contributed by atoms with Gasteiger partial charge in [0.1, 0.15) is 5.82 Å². The van der Waals surface area contributed by atoms with E-state index in [1.54, 1.807) is 17.8 Å². The molecular weight excluding hydrogens is 365 g/mol. The van der Waals surface area contributed by atoms with Crippen LogP contribution in [0.3, 0.4) is 0 Å². The minimum atomic E-state index is -0.656. The van der Waals surface area contributed by atoms with Crippen LogP contribution in [0.15, 0.2) is 30.5 Å². The standard InChI is InChI=1S/C19H24FN5O3/c1-2-28-18(26)11-16(13-3-5-14(20)6-4-13)22-19(27)17-12-25(24-23-17)15-7-9-21-10-8-15/h3-6,12,15-16,21H,2,7-11H2,1H3,(H,22,27). The van der Waals surface area contributed by atoms with Crippen molar-refractivity contribution in [3.63, 3.8) is 0 Å². The summed E-state index contributed by atoms with van der Waals surface area (Å²) in [5, 5.41) is 14.1. The Morgan fingerprint density at radius 2 is 2.04 bits per heavy atom. The Bertz CT molecular complexity index is 802. The smallest absolute Gasteiger partial charge is 0.308 e. The van der Waals surface area contributed by atoms with Crippen molar-refractivity contribution in [3.05, 3.63) is 47.5 Å². The molecule has 9 heteroatoms. The quantitative estimate of drug-likeness (QED) is 0.701. The van der Waals surface area contributed by atoms with E-state index in [9.17, 15) is 14.0 Å². The van der Waals surface area contributed by atoms with Crippen LogP contribution < -0.4 is 10.6 Å².